The van der Waals surface area contributed by atoms with Gasteiger partial charge in [0.25, 0.3) is 0 Å². The second kappa shape index (κ2) is 2.14. The number of methoxy groups -OCH3 is 1. The van der Waals surface area contributed by atoms with Crippen molar-refractivity contribution in [3.05, 3.63) is 0 Å². The molecule has 0 aliphatic rings. The van der Waals surface area contributed by atoms with Crippen molar-refractivity contribution in [2.24, 2.45) is 5.73 Å². The second-order valence-electron chi connectivity index (χ2n) is 0.626. The lowest BCUT2D eigenvalue weighted by molar-refractivity contribution is -0.0679. The van der Waals surface area contributed by atoms with Gasteiger partial charge in [0.1, 0.15) is 0 Å². The Balaban J connectivity index is 2.54. The van der Waals surface area contributed by atoms with Gasteiger partial charge in [-0.05, 0) is 0 Å². The van der Waals surface area contributed by atoms with Crippen LogP contribution in [0.15, 0.2) is 0 Å². The summed E-state index contributed by atoms with van der Waals surface area (Å²) in [6.07, 6.45) is -1.12. The lowest BCUT2D eigenvalue weighted by atomic mass is 11.2. The van der Waals surface area contributed by atoms with E-state index in [1.807, 2.05) is 0 Å². The molecule has 0 aromatic heterocycles. The van der Waals surface area contributed by atoms with Crippen molar-refractivity contribution in [1.29, 1.82) is 0 Å². The third kappa shape index (κ3) is 3.88. The van der Waals surface area contributed by atoms with E-state index in [4.69, 9.17) is 5.11 Å². The van der Waals surface area contributed by atoms with E-state index in [-0.39, 0.29) is 0 Å². The van der Waals surface area contributed by atoms with Crippen LogP contribution >= 0.6 is 0 Å². The van der Waals surface area contributed by atoms with Gasteiger partial charge in [0, 0.05) is 7.11 Å². The van der Waals surface area contributed by atoms with Crippen molar-refractivity contribution in [2.45, 2.75) is 6.41 Å². The maximum Gasteiger partial charge on any atom is 0.210 e. The highest BCUT2D eigenvalue weighted by Gasteiger charge is 1.80. The minimum Gasteiger partial charge on any atom is -0.356 e. The van der Waals surface area contributed by atoms with E-state index in [1.54, 1.807) is 0 Å². The Morgan fingerprint density at radius 3 is 2.20 bits per heavy atom. The summed E-state index contributed by atoms with van der Waals surface area (Å²) in [7, 11) is 1.32. The topological polar surface area (TPSA) is 55.5 Å². The third-order valence-electron chi connectivity index (χ3n) is 0.241. The summed E-state index contributed by atoms with van der Waals surface area (Å²) in [4.78, 5) is 0. The highest BCUT2D eigenvalue weighted by Crippen LogP contribution is 1.60. The molecule has 1 atom stereocenters. The standard InChI is InChI=1S/C2H7NO2/c1-5-2(3)4/h2,4H,3H2,1H3/t2-/m0/s1. The molecule has 0 saturated heterocycles. The molecule has 3 heteroatoms. The van der Waals surface area contributed by atoms with Crippen LogP contribution in [0.1, 0.15) is 0 Å². The molecule has 0 radical (unpaired) electrons. The molecule has 0 rings (SSSR count). The number of ether oxygens (including phenoxy) is 1. The molecule has 32 valence electrons. The normalized spacial score (nSPS) is 15.0. The van der Waals surface area contributed by atoms with Crippen molar-refractivity contribution in [3.63, 3.8) is 0 Å². The first-order valence-corrected chi connectivity index (χ1v) is 1.24. The molecule has 0 aromatic rings. The maximum atomic E-state index is 7.92. The summed E-state index contributed by atoms with van der Waals surface area (Å²) in [5.41, 5.74) is 4.62. The summed E-state index contributed by atoms with van der Waals surface area (Å²) >= 11 is 0. The molecular formula is C2H7NO2. The zero-order valence-corrected chi connectivity index (χ0v) is 3.01. The average molecular weight is 77.1 g/mol. The predicted molar refractivity (Wildman–Crippen MR) is 17.2 cm³/mol. The van der Waals surface area contributed by atoms with Crippen molar-refractivity contribution in [3.8, 4) is 0 Å². The summed E-state index contributed by atoms with van der Waals surface area (Å²) in [6.45, 7) is 0. The fraction of sp³-hybridized carbons (Fsp3) is 1.00. The van der Waals surface area contributed by atoms with E-state index in [0.29, 0.717) is 0 Å². The first-order chi connectivity index (χ1) is 2.27. The van der Waals surface area contributed by atoms with Crippen LogP contribution in [-0.2, 0) is 4.74 Å². The van der Waals surface area contributed by atoms with E-state index in [2.05, 4.69) is 10.5 Å². The number of hydrogen-bond acceptors (Lipinski definition) is 3. The Kier molecular flexibility index (Phi) is 2.09. The highest BCUT2D eigenvalue weighted by molar-refractivity contribution is 4.05. The SMILES string of the molecule is CO[C@@H](N)O. The van der Waals surface area contributed by atoms with Crippen molar-refractivity contribution in [2.75, 3.05) is 7.11 Å². The fourth-order valence-electron chi connectivity index (χ4n) is 0. The first kappa shape index (κ1) is 4.88. The summed E-state index contributed by atoms with van der Waals surface area (Å²) in [5, 5.41) is 7.92. The second-order valence-corrected chi connectivity index (χ2v) is 0.626. The Labute approximate surface area is 30.4 Å². The molecule has 0 heterocycles. The van der Waals surface area contributed by atoms with E-state index in [9.17, 15) is 0 Å². The van der Waals surface area contributed by atoms with Gasteiger partial charge in [-0.15, -0.1) is 0 Å². The Bertz CT molecular complexity index is 21.6. The van der Waals surface area contributed by atoms with Crippen LogP contribution in [-0.4, -0.2) is 18.6 Å². The van der Waals surface area contributed by atoms with Crippen molar-refractivity contribution in [1.82, 2.24) is 0 Å². The number of aliphatic hydroxyl groups is 1. The number of rotatable bonds is 1. The molecule has 0 amide bonds. The van der Waals surface area contributed by atoms with E-state index in [0.717, 1.165) is 0 Å². The van der Waals surface area contributed by atoms with Gasteiger partial charge in [-0.3, -0.25) is 5.73 Å². The average Bonchev–Trinajstić information content (AvgIpc) is 1.38. The summed E-state index contributed by atoms with van der Waals surface area (Å²) in [6, 6.07) is 0. The number of hydrogen-bond donors (Lipinski definition) is 2. The number of aliphatic hydroxyl groups excluding tert-OH is 1. The van der Waals surface area contributed by atoms with E-state index in [1.165, 1.54) is 7.11 Å². The first-order valence-electron chi connectivity index (χ1n) is 1.24. The van der Waals surface area contributed by atoms with Crippen LogP contribution in [0.25, 0.3) is 0 Å². The minimum atomic E-state index is -1.12. The third-order valence-corrected chi connectivity index (χ3v) is 0.241. The lowest BCUT2D eigenvalue weighted by Crippen LogP contribution is -2.19. The van der Waals surface area contributed by atoms with Gasteiger partial charge in [-0.25, -0.2) is 0 Å². The summed E-state index contributed by atoms with van der Waals surface area (Å²) < 4.78 is 4.08. The van der Waals surface area contributed by atoms with Crippen LogP contribution in [0, 0.1) is 0 Å². The molecule has 0 aliphatic heterocycles. The largest absolute Gasteiger partial charge is 0.356 e. The van der Waals surface area contributed by atoms with Gasteiger partial charge in [0.15, 0.2) is 0 Å². The Hall–Kier alpha value is -0.120. The van der Waals surface area contributed by atoms with Gasteiger partial charge in [-0.1, -0.05) is 0 Å². The quantitative estimate of drug-likeness (QED) is 0.389. The van der Waals surface area contributed by atoms with Crippen molar-refractivity contribution < 1.29 is 9.84 Å². The molecule has 0 spiro atoms. The zero-order chi connectivity index (χ0) is 4.28. The number of nitrogens with two attached hydrogens (primary N) is 1. The van der Waals surface area contributed by atoms with E-state index < -0.39 is 6.41 Å². The molecular weight excluding hydrogens is 70.0 g/mol. The molecule has 0 unspecified atom stereocenters. The minimum absolute atomic E-state index is 1.12. The Morgan fingerprint density at radius 1 is 2.00 bits per heavy atom. The predicted octanol–water partition coefficient (Wildman–Crippen LogP) is -1.13. The summed E-state index contributed by atoms with van der Waals surface area (Å²) in [5.74, 6) is 0. The van der Waals surface area contributed by atoms with Crippen LogP contribution in [0.3, 0.4) is 0 Å². The molecule has 0 saturated carbocycles. The van der Waals surface area contributed by atoms with Crippen LogP contribution in [0.2, 0.25) is 0 Å². The smallest absolute Gasteiger partial charge is 0.210 e. The zero-order valence-electron chi connectivity index (χ0n) is 3.01. The van der Waals surface area contributed by atoms with Gasteiger partial charge >= 0.3 is 0 Å². The van der Waals surface area contributed by atoms with Crippen LogP contribution < -0.4 is 5.73 Å². The monoisotopic (exact) mass is 77.0 g/mol. The fourth-order valence-corrected chi connectivity index (χ4v) is 0. The van der Waals surface area contributed by atoms with Gasteiger partial charge in [-0.2, -0.15) is 0 Å². The lowest BCUT2D eigenvalue weighted by Gasteiger charge is -1.94. The van der Waals surface area contributed by atoms with E-state index >= 15 is 0 Å². The van der Waals surface area contributed by atoms with Gasteiger partial charge < -0.3 is 9.84 Å². The van der Waals surface area contributed by atoms with Gasteiger partial charge in [0.05, 0.1) is 0 Å². The van der Waals surface area contributed by atoms with Crippen LogP contribution in [0.4, 0.5) is 0 Å². The molecule has 0 aromatic carbocycles. The molecule has 0 bridgehead atoms. The highest BCUT2D eigenvalue weighted by atomic mass is 16.6. The molecule has 3 nitrogen and oxygen atoms in total. The molecule has 0 fully saturated rings. The van der Waals surface area contributed by atoms with Crippen molar-refractivity contribution >= 4 is 0 Å². The molecule has 5 heavy (non-hydrogen) atoms. The van der Waals surface area contributed by atoms with Gasteiger partial charge in [0.2, 0.25) is 6.41 Å². The molecule has 0 aliphatic carbocycles. The maximum absolute atomic E-state index is 7.92. The Morgan fingerprint density at radius 2 is 2.20 bits per heavy atom. The molecule has 3 N–H and O–H groups in total. The van der Waals surface area contributed by atoms with Crippen LogP contribution in [0.5, 0.6) is 0 Å².